The van der Waals surface area contributed by atoms with Gasteiger partial charge in [-0.2, -0.15) is 0 Å². The molecule has 2 aromatic rings. The summed E-state index contributed by atoms with van der Waals surface area (Å²) < 4.78 is 16.4. The number of nitrogens with one attached hydrogen (secondary N) is 1. The second kappa shape index (κ2) is 10.5. The SMILES string of the molecule is CCCOc1ccccc1NC(=O)/C=C/c1cc(Cl)c(OCC)c(OC)c1. The van der Waals surface area contributed by atoms with Gasteiger partial charge in [-0.1, -0.05) is 30.7 Å². The van der Waals surface area contributed by atoms with E-state index in [0.717, 1.165) is 12.0 Å². The fourth-order valence-electron chi connectivity index (χ4n) is 2.37. The molecule has 1 N–H and O–H groups in total. The van der Waals surface area contributed by atoms with Gasteiger partial charge in [-0.15, -0.1) is 0 Å². The maximum atomic E-state index is 12.3. The number of benzene rings is 2. The van der Waals surface area contributed by atoms with Gasteiger partial charge in [0.05, 0.1) is 31.0 Å². The molecule has 0 saturated heterocycles. The van der Waals surface area contributed by atoms with Crippen LogP contribution in [0.15, 0.2) is 42.5 Å². The molecule has 1 amide bonds. The summed E-state index contributed by atoms with van der Waals surface area (Å²) in [7, 11) is 1.54. The Kier molecular flexibility index (Phi) is 8.01. The van der Waals surface area contributed by atoms with Crippen LogP contribution in [0.2, 0.25) is 5.02 Å². The highest BCUT2D eigenvalue weighted by molar-refractivity contribution is 6.32. The summed E-state index contributed by atoms with van der Waals surface area (Å²) in [5, 5.41) is 3.25. The highest BCUT2D eigenvalue weighted by Crippen LogP contribution is 2.36. The van der Waals surface area contributed by atoms with E-state index in [9.17, 15) is 4.79 Å². The molecule has 0 aliphatic carbocycles. The van der Waals surface area contributed by atoms with Crippen LogP contribution in [0.5, 0.6) is 17.2 Å². The van der Waals surface area contributed by atoms with Gasteiger partial charge < -0.3 is 19.5 Å². The van der Waals surface area contributed by atoms with Crippen LogP contribution in [0.3, 0.4) is 0 Å². The maximum Gasteiger partial charge on any atom is 0.248 e. The first-order chi connectivity index (χ1) is 13.1. The van der Waals surface area contributed by atoms with Crippen molar-refractivity contribution in [3.8, 4) is 17.2 Å². The Bertz CT molecular complexity index is 805. The average molecular weight is 390 g/mol. The van der Waals surface area contributed by atoms with E-state index in [1.807, 2.05) is 32.0 Å². The van der Waals surface area contributed by atoms with Gasteiger partial charge in [0.2, 0.25) is 5.91 Å². The van der Waals surface area contributed by atoms with Crippen molar-refractivity contribution in [2.75, 3.05) is 25.6 Å². The van der Waals surface area contributed by atoms with E-state index < -0.39 is 0 Å². The molecule has 0 heterocycles. The number of anilines is 1. The molecule has 6 heteroatoms. The van der Waals surface area contributed by atoms with Crippen molar-refractivity contribution in [2.45, 2.75) is 20.3 Å². The smallest absolute Gasteiger partial charge is 0.248 e. The van der Waals surface area contributed by atoms with Crippen LogP contribution in [-0.4, -0.2) is 26.2 Å². The van der Waals surface area contributed by atoms with Crippen LogP contribution in [0.1, 0.15) is 25.8 Å². The van der Waals surface area contributed by atoms with Crippen LogP contribution in [0.25, 0.3) is 6.08 Å². The largest absolute Gasteiger partial charge is 0.493 e. The predicted molar refractivity (Wildman–Crippen MR) is 109 cm³/mol. The number of methoxy groups -OCH3 is 1. The van der Waals surface area contributed by atoms with E-state index in [4.69, 9.17) is 25.8 Å². The third-order valence-corrected chi connectivity index (χ3v) is 3.85. The third kappa shape index (κ3) is 5.93. The molecule has 0 fully saturated rings. The molecule has 0 radical (unpaired) electrons. The Morgan fingerprint density at radius 2 is 1.93 bits per heavy atom. The average Bonchev–Trinajstić information content (AvgIpc) is 2.67. The molecular weight excluding hydrogens is 366 g/mol. The van der Waals surface area contributed by atoms with E-state index in [-0.39, 0.29) is 5.91 Å². The highest BCUT2D eigenvalue weighted by atomic mass is 35.5. The molecule has 0 unspecified atom stereocenters. The standard InChI is InChI=1S/C21H24ClNO4/c1-4-12-27-18-9-7-6-8-17(18)23-20(24)11-10-15-13-16(22)21(26-5-2)19(14-15)25-3/h6-11,13-14H,4-5,12H2,1-3H3,(H,23,24)/b11-10+. The zero-order valence-corrected chi connectivity index (χ0v) is 16.5. The molecule has 5 nitrogen and oxygen atoms in total. The number of para-hydroxylation sites is 2. The molecule has 2 aromatic carbocycles. The van der Waals surface area contributed by atoms with Gasteiger partial charge in [0.25, 0.3) is 0 Å². The minimum Gasteiger partial charge on any atom is -0.493 e. The topological polar surface area (TPSA) is 56.8 Å². The molecule has 0 aliphatic rings. The Morgan fingerprint density at radius 3 is 2.63 bits per heavy atom. The lowest BCUT2D eigenvalue weighted by molar-refractivity contribution is -0.111. The van der Waals surface area contributed by atoms with E-state index in [2.05, 4.69) is 5.32 Å². The molecule has 0 aliphatic heterocycles. The quantitative estimate of drug-likeness (QED) is 0.600. The predicted octanol–water partition coefficient (Wildman–Crippen LogP) is 5.19. The van der Waals surface area contributed by atoms with Crippen molar-refractivity contribution in [1.29, 1.82) is 0 Å². The monoisotopic (exact) mass is 389 g/mol. The molecule has 0 aromatic heterocycles. The fraction of sp³-hybridized carbons (Fsp3) is 0.286. The number of hydrogen-bond donors (Lipinski definition) is 1. The van der Waals surface area contributed by atoms with E-state index >= 15 is 0 Å². The van der Waals surface area contributed by atoms with E-state index in [1.165, 1.54) is 6.08 Å². The molecular formula is C21H24ClNO4. The van der Waals surface area contributed by atoms with Crippen molar-refractivity contribution in [1.82, 2.24) is 0 Å². The van der Waals surface area contributed by atoms with Crippen molar-refractivity contribution in [2.24, 2.45) is 0 Å². The minimum atomic E-state index is -0.272. The number of carbonyl (C=O) groups excluding carboxylic acids is 1. The zero-order valence-electron chi connectivity index (χ0n) is 15.8. The van der Waals surface area contributed by atoms with Crippen molar-refractivity contribution in [3.63, 3.8) is 0 Å². The van der Waals surface area contributed by atoms with Gasteiger partial charge in [-0.05, 0) is 49.2 Å². The maximum absolute atomic E-state index is 12.3. The minimum absolute atomic E-state index is 0.272. The van der Waals surface area contributed by atoms with Crippen molar-refractivity contribution < 1.29 is 19.0 Å². The lowest BCUT2D eigenvalue weighted by atomic mass is 10.2. The summed E-state index contributed by atoms with van der Waals surface area (Å²) in [6.07, 6.45) is 3.99. The van der Waals surface area contributed by atoms with Crippen LogP contribution >= 0.6 is 11.6 Å². The Labute approximate surface area is 164 Å². The second-order valence-electron chi connectivity index (χ2n) is 5.63. The summed E-state index contributed by atoms with van der Waals surface area (Å²) in [5.74, 6) is 1.38. The van der Waals surface area contributed by atoms with Crippen molar-refractivity contribution in [3.05, 3.63) is 53.1 Å². The number of halogens is 1. The van der Waals surface area contributed by atoms with Crippen molar-refractivity contribution >= 4 is 29.3 Å². The summed E-state index contributed by atoms with van der Waals surface area (Å²) in [4.78, 5) is 12.3. The lowest BCUT2D eigenvalue weighted by Gasteiger charge is -2.12. The molecule has 27 heavy (non-hydrogen) atoms. The van der Waals surface area contributed by atoms with Crippen LogP contribution in [0, 0.1) is 0 Å². The Balaban J connectivity index is 2.12. The second-order valence-corrected chi connectivity index (χ2v) is 6.04. The summed E-state index contributed by atoms with van der Waals surface area (Å²) in [6, 6.07) is 10.8. The van der Waals surface area contributed by atoms with E-state index in [1.54, 1.807) is 31.4 Å². The molecule has 144 valence electrons. The molecule has 0 bridgehead atoms. The summed E-state index contributed by atoms with van der Waals surface area (Å²) >= 11 is 6.25. The first-order valence-electron chi connectivity index (χ1n) is 8.80. The van der Waals surface area contributed by atoms with Crippen LogP contribution < -0.4 is 19.5 Å². The van der Waals surface area contributed by atoms with Gasteiger partial charge >= 0.3 is 0 Å². The normalized spacial score (nSPS) is 10.7. The van der Waals surface area contributed by atoms with Gasteiger partial charge in [0.1, 0.15) is 5.75 Å². The molecule has 2 rings (SSSR count). The Morgan fingerprint density at radius 1 is 1.15 bits per heavy atom. The highest BCUT2D eigenvalue weighted by Gasteiger charge is 2.11. The number of hydrogen-bond acceptors (Lipinski definition) is 4. The van der Waals surface area contributed by atoms with Gasteiger partial charge in [0.15, 0.2) is 11.5 Å². The van der Waals surface area contributed by atoms with Gasteiger partial charge in [-0.3, -0.25) is 4.79 Å². The first kappa shape index (κ1) is 20.6. The first-order valence-corrected chi connectivity index (χ1v) is 9.18. The number of amides is 1. The molecule has 0 saturated carbocycles. The molecule has 0 atom stereocenters. The summed E-state index contributed by atoms with van der Waals surface area (Å²) in [5.41, 5.74) is 1.36. The van der Waals surface area contributed by atoms with E-state index in [0.29, 0.717) is 41.2 Å². The fourth-order valence-corrected chi connectivity index (χ4v) is 2.65. The lowest BCUT2D eigenvalue weighted by Crippen LogP contribution is -2.09. The van der Waals surface area contributed by atoms with Crippen LogP contribution in [0.4, 0.5) is 5.69 Å². The Hall–Kier alpha value is -2.66. The third-order valence-electron chi connectivity index (χ3n) is 3.57. The van der Waals surface area contributed by atoms with Crippen LogP contribution in [-0.2, 0) is 4.79 Å². The summed E-state index contributed by atoms with van der Waals surface area (Å²) in [6.45, 7) is 4.97. The number of carbonyl (C=O) groups is 1. The zero-order chi connectivity index (χ0) is 19.6. The van der Waals surface area contributed by atoms with Gasteiger partial charge in [0, 0.05) is 6.08 Å². The number of ether oxygens (including phenoxy) is 3. The molecule has 0 spiro atoms. The van der Waals surface area contributed by atoms with Gasteiger partial charge in [-0.25, -0.2) is 0 Å². The number of rotatable bonds is 9.